The Kier molecular flexibility index (Phi) is 5.40. The van der Waals surface area contributed by atoms with Gasteiger partial charge in [-0.05, 0) is 31.7 Å². The van der Waals surface area contributed by atoms with Crippen LogP contribution < -0.4 is 5.73 Å². The Morgan fingerprint density at radius 1 is 1.38 bits per heavy atom. The van der Waals surface area contributed by atoms with Gasteiger partial charge < -0.3 is 10.5 Å². The molecular weight excluding hydrogens is 162 g/mol. The Morgan fingerprint density at radius 3 is 2.62 bits per heavy atom. The average Bonchev–Trinajstić information content (AvgIpc) is 2.65. The molecule has 0 radical (unpaired) electrons. The van der Waals surface area contributed by atoms with Gasteiger partial charge >= 0.3 is 0 Å². The van der Waals surface area contributed by atoms with Gasteiger partial charge in [0.2, 0.25) is 0 Å². The van der Waals surface area contributed by atoms with Crippen molar-refractivity contribution in [3.05, 3.63) is 0 Å². The molecule has 1 fully saturated rings. The molecule has 1 atom stereocenters. The molecule has 1 aliphatic rings. The van der Waals surface area contributed by atoms with Crippen LogP contribution >= 0.6 is 0 Å². The molecule has 0 bridgehead atoms. The molecule has 0 saturated heterocycles. The molecule has 1 saturated carbocycles. The van der Waals surface area contributed by atoms with E-state index in [1.54, 1.807) is 0 Å². The summed E-state index contributed by atoms with van der Waals surface area (Å²) in [6.45, 7) is 4.63. The summed E-state index contributed by atoms with van der Waals surface area (Å²) in [7, 11) is 0. The second kappa shape index (κ2) is 6.39. The number of hydrogen-bond donors (Lipinski definition) is 1. The Labute approximate surface area is 81.8 Å². The highest BCUT2D eigenvalue weighted by molar-refractivity contribution is 4.75. The van der Waals surface area contributed by atoms with Gasteiger partial charge in [-0.15, -0.1) is 0 Å². The molecule has 13 heavy (non-hydrogen) atoms. The third-order valence-corrected chi connectivity index (χ3v) is 3.21. The molecule has 2 heteroatoms. The maximum Gasteiger partial charge on any atom is 0.0469 e. The maximum atomic E-state index is 5.78. The molecule has 78 valence electrons. The minimum atomic E-state index is 0.717. The highest BCUT2D eigenvalue weighted by Crippen LogP contribution is 2.32. The molecule has 0 spiro atoms. The largest absolute Gasteiger partial charge is 0.382 e. The zero-order chi connectivity index (χ0) is 9.52. The van der Waals surface area contributed by atoms with Crippen LogP contribution in [0.1, 0.15) is 39.0 Å². The second-order valence-corrected chi connectivity index (χ2v) is 4.03. The van der Waals surface area contributed by atoms with Crippen LogP contribution in [0.4, 0.5) is 0 Å². The van der Waals surface area contributed by atoms with E-state index in [1.807, 2.05) is 6.92 Å². The van der Waals surface area contributed by atoms with Crippen LogP contribution in [0.25, 0.3) is 0 Å². The lowest BCUT2D eigenvalue weighted by Gasteiger charge is -2.21. The first kappa shape index (κ1) is 11.0. The highest BCUT2D eigenvalue weighted by atomic mass is 16.5. The van der Waals surface area contributed by atoms with Gasteiger partial charge in [-0.2, -0.15) is 0 Å². The normalized spacial score (nSPS) is 20.8. The van der Waals surface area contributed by atoms with Gasteiger partial charge in [0.25, 0.3) is 0 Å². The molecule has 1 unspecified atom stereocenters. The molecule has 0 aromatic rings. The summed E-state index contributed by atoms with van der Waals surface area (Å²) in [5.41, 5.74) is 5.78. The van der Waals surface area contributed by atoms with Gasteiger partial charge in [0.15, 0.2) is 0 Å². The van der Waals surface area contributed by atoms with Crippen molar-refractivity contribution in [1.82, 2.24) is 0 Å². The summed E-state index contributed by atoms with van der Waals surface area (Å²) in [6, 6.07) is 0. The van der Waals surface area contributed by atoms with E-state index in [0.29, 0.717) is 5.92 Å². The van der Waals surface area contributed by atoms with Crippen molar-refractivity contribution in [1.29, 1.82) is 0 Å². The summed E-state index contributed by atoms with van der Waals surface area (Å²) >= 11 is 0. The van der Waals surface area contributed by atoms with Crippen molar-refractivity contribution in [2.75, 3.05) is 19.8 Å². The molecular formula is C11H23NO. The fraction of sp³-hybridized carbons (Fsp3) is 1.00. The van der Waals surface area contributed by atoms with E-state index in [2.05, 4.69) is 0 Å². The third kappa shape index (κ3) is 3.65. The van der Waals surface area contributed by atoms with Gasteiger partial charge in [-0.3, -0.25) is 0 Å². The van der Waals surface area contributed by atoms with Crippen LogP contribution in [0.15, 0.2) is 0 Å². The van der Waals surface area contributed by atoms with E-state index in [9.17, 15) is 0 Å². The monoisotopic (exact) mass is 185 g/mol. The fourth-order valence-corrected chi connectivity index (χ4v) is 2.35. The standard InChI is InChI=1S/C11H23NO/c1-2-13-8-7-11(9-12)10-5-3-4-6-10/h10-11H,2-9,12H2,1H3. The van der Waals surface area contributed by atoms with Crippen LogP contribution in [0.3, 0.4) is 0 Å². The SMILES string of the molecule is CCOCCC(CN)C1CCCC1. The predicted molar refractivity (Wildman–Crippen MR) is 55.6 cm³/mol. The summed E-state index contributed by atoms with van der Waals surface area (Å²) in [5.74, 6) is 1.61. The molecule has 0 heterocycles. The Bertz CT molecular complexity index is 121. The Morgan fingerprint density at radius 2 is 2.08 bits per heavy atom. The lowest BCUT2D eigenvalue weighted by atomic mass is 9.88. The predicted octanol–water partition coefficient (Wildman–Crippen LogP) is 2.18. The van der Waals surface area contributed by atoms with E-state index < -0.39 is 0 Å². The first-order valence-corrected chi connectivity index (χ1v) is 5.66. The number of hydrogen-bond acceptors (Lipinski definition) is 2. The lowest BCUT2D eigenvalue weighted by Crippen LogP contribution is -2.23. The van der Waals surface area contributed by atoms with Gasteiger partial charge in [-0.25, -0.2) is 0 Å². The molecule has 0 aromatic heterocycles. The summed E-state index contributed by atoms with van der Waals surface area (Å²) in [6.07, 6.45) is 6.78. The molecule has 2 N–H and O–H groups in total. The van der Waals surface area contributed by atoms with E-state index in [0.717, 1.165) is 32.1 Å². The lowest BCUT2D eigenvalue weighted by molar-refractivity contribution is 0.122. The first-order chi connectivity index (χ1) is 6.38. The second-order valence-electron chi connectivity index (χ2n) is 4.03. The first-order valence-electron chi connectivity index (χ1n) is 5.66. The Balaban J connectivity index is 2.16. The number of nitrogens with two attached hydrogens (primary N) is 1. The molecule has 0 aromatic carbocycles. The molecule has 1 rings (SSSR count). The van der Waals surface area contributed by atoms with Crippen LogP contribution in [0.5, 0.6) is 0 Å². The van der Waals surface area contributed by atoms with Crippen molar-refractivity contribution < 1.29 is 4.74 Å². The van der Waals surface area contributed by atoms with E-state index in [-0.39, 0.29) is 0 Å². The van der Waals surface area contributed by atoms with Gasteiger partial charge in [0.1, 0.15) is 0 Å². The number of ether oxygens (including phenoxy) is 1. The highest BCUT2D eigenvalue weighted by Gasteiger charge is 2.23. The van der Waals surface area contributed by atoms with Crippen molar-refractivity contribution >= 4 is 0 Å². The summed E-state index contributed by atoms with van der Waals surface area (Å²) in [5, 5.41) is 0. The molecule has 2 nitrogen and oxygen atoms in total. The van der Waals surface area contributed by atoms with Crippen molar-refractivity contribution in [3.8, 4) is 0 Å². The number of rotatable bonds is 6. The molecule has 1 aliphatic carbocycles. The molecule has 0 amide bonds. The summed E-state index contributed by atoms with van der Waals surface area (Å²) in [4.78, 5) is 0. The Hall–Kier alpha value is -0.0800. The fourth-order valence-electron chi connectivity index (χ4n) is 2.35. The smallest absolute Gasteiger partial charge is 0.0469 e. The van der Waals surface area contributed by atoms with Crippen LogP contribution in [0, 0.1) is 11.8 Å². The van der Waals surface area contributed by atoms with Crippen molar-refractivity contribution in [2.45, 2.75) is 39.0 Å². The van der Waals surface area contributed by atoms with E-state index in [1.165, 1.54) is 25.7 Å². The average molecular weight is 185 g/mol. The zero-order valence-corrected chi connectivity index (χ0v) is 8.80. The van der Waals surface area contributed by atoms with Crippen LogP contribution in [-0.2, 0) is 4.74 Å². The topological polar surface area (TPSA) is 35.2 Å². The van der Waals surface area contributed by atoms with E-state index in [4.69, 9.17) is 10.5 Å². The molecule has 0 aliphatic heterocycles. The third-order valence-electron chi connectivity index (χ3n) is 3.21. The maximum absolute atomic E-state index is 5.78. The summed E-state index contributed by atoms with van der Waals surface area (Å²) < 4.78 is 5.37. The van der Waals surface area contributed by atoms with Crippen molar-refractivity contribution in [3.63, 3.8) is 0 Å². The minimum absolute atomic E-state index is 0.717. The van der Waals surface area contributed by atoms with Gasteiger partial charge in [-0.1, -0.05) is 25.7 Å². The minimum Gasteiger partial charge on any atom is -0.382 e. The van der Waals surface area contributed by atoms with Gasteiger partial charge in [0.05, 0.1) is 0 Å². The zero-order valence-electron chi connectivity index (χ0n) is 8.80. The van der Waals surface area contributed by atoms with E-state index >= 15 is 0 Å². The quantitative estimate of drug-likeness (QED) is 0.644. The van der Waals surface area contributed by atoms with Crippen LogP contribution in [-0.4, -0.2) is 19.8 Å². The van der Waals surface area contributed by atoms with Gasteiger partial charge in [0, 0.05) is 13.2 Å². The van der Waals surface area contributed by atoms with Crippen molar-refractivity contribution in [2.24, 2.45) is 17.6 Å². The van der Waals surface area contributed by atoms with Crippen LogP contribution in [0.2, 0.25) is 0 Å².